The molecule has 0 radical (unpaired) electrons. The third kappa shape index (κ3) is 15.9. The Kier molecular flexibility index (Phi) is 13.3. The summed E-state index contributed by atoms with van der Waals surface area (Å²) >= 11 is 0. The summed E-state index contributed by atoms with van der Waals surface area (Å²) in [5, 5.41) is 0. The molecule has 0 saturated heterocycles. The molecule has 110 valence electrons. The fraction of sp³-hybridized carbons (Fsp3) is 1.00. The van der Waals surface area contributed by atoms with Gasteiger partial charge in [0.25, 0.3) is 0 Å². The molecule has 0 aliphatic carbocycles. The van der Waals surface area contributed by atoms with Crippen LogP contribution in [0.5, 0.6) is 0 Å². The second kappa shape index (κ2) is 13.4. The first kappa shape index (κ1) is 17.9. The molecular weight excluding hydrogens is 224 g/mol. The lowest BCUT2D eigenvalue weighted by molar-refractivity contribution is 0.0749. The Morgan fingerprint density at radius 2 is 0.778 bits per heavy atom. The Labute approximate surface area is 114 Å². The van der Waals surface area contributed by atoms with Crippen LogP contribution in [0.3, 0.4) is 0 Å². The molecule has 2 nitrogen and oxygen atoms in total. The van der Waals surface area contributed by atoms with E-state index in [2.05, 4.69) is 27.7 Å². The summed E-state index contributed by atoms with van der Waals surface area (Å²) in [5.74, 6) is 0. The fourth-order valence-corrected chi connectivity index (χ4v) is 1.90. The van der Waals surface area contributed by atoms with Crippen LogP contribution in [0, 0.1) is 0 Å². The van der Waals surface area contributed by atoms with Gasteiger partial charge in [-0.15, -0.1) is 0 Å². The first-order chi connectivity index (χ1) is 8.63. The maximum atomic E-state index is 5.52. The maximum Gasteiger partial charge on any atom is 0.0518 e. The van der Waals surface area contributed by atoms with Crippen LogP contribution in [0.15, 0.2) is 0 Å². The van der Waals surface area contributed by atoms with Crippen molar-refractivity contribution in [2.45, 2.75) is 91.3 Å². The van der Waals surface area contributed by atoms with Gasteiger partial charge in [0.15, 0.2) is 0 Å². The van der Waals surface area contributed by atoms with Gasteiger partial charge in [0.1, 0.15) is 0 Å². The second-order valence-electron chi connectivity index (χ2n) is 5.67. The molecule has 0 rings (SSSR count). The highest BCUT2D eigenvalue weighted by Gasteiger charge is 1.96. The van der Waals surface area contributed by atoms with E-state index in [0.717, 1.165) is 13.2 Å². The lowest BCUT2D eigenvalue weighted by Crippen LogP contribution is -2.03. The molecule has 0 saturated carbocycles. The highest BCUT2D eigenvalue weighted by Crippen LogP contribution is 2.09. The van der Waals surface area contributed by atoms with Crippen molar-refractivity contribution >= 4 is 0 Å². The highest BCUT2D eigenvalue weighted by atomic mass is 16.5. The van der Waals surface area contributed by atoms with Crippen LogP contribution in [-0.2, 0) is 9.47 Å². The van der Waals surface area contributed by atoms with Crippen molar-refractivity contribution in [3.63, 3.8) is 0 Å². The molecule has 0 aromatic rings. The maximum absolute atomic E-state index is 5.52. The highest BCUT2D eigenvalue weighted by molar-refractivity contribution is 4.48. The SMILES string of the molecule is CC(C)OCCCCCCCCCCOC(C)C. The molecule has 0 aliphatic rings. The van der Waals surface area contributed by atoms with E-state index in [-0.39, 0.29) is 0 Å². The predicted octanol–water partition coefficient (Wildman–Crippen LogP) is 4.96. The molecule has 0 amide bonds. The van der Waals surface area contributed by atoms with E-state index in [1.807, 2.05) is 0 Å². The van der Waals surface area contributed by atoms with Gasteiger partial charge in [-0.25, -0.2) is 0 Å². The molecule has 18 heavy (non-hydrogen) atoms. The van der Waals surface area contributed by atoms with Crippen molar-refractivity contribution in [2.24, 2.45) is 0 Å². The first-order valence-electron chi connectivity index (χ1n) is 7.86. The quantitative estimate of drug-likeness (QED) is 0.435. The average Bonchev–Trinajstić information content (AvgIpc) is 2.29. The molecule has 0 unspecified atom stereocenters. The van der Waals surface area contributed by atoms with Crippen LogP contribution in [0.2, 0.25) is 0 Å². The van der Waals surface area contributed by atoms with Crippen LogP contribution < -0.4 is 0 Å². The van der Waals surface area contributed by atoms with E-state index in [9.17, 15) is 0 Å². The fourth-order valence-electron chi connectivity index (χ4n) is 1.90. The minimum absolute atomic E-state index is 0.387. The molecule has 0 aromatic heterocycles. The summed E-state index contributed by atoms with van der Waals surface area (Å²) < 4.78 is 11.0. The minimum Gasteiger partial charge on any atom is -0.379 e. The van der Waals surface area contributed by atoms with Gasteiger partial charge in [-0.05, 0) is 40.5 Å². The smallest absolute Gasteiger partial charge is 0.0518 e. The molecule has 0 spiro atoms. The molecule has 0 heterocycles. The standard InChI is InChI=1S/C16H34O2/c1-15(2)17-13-11-9-7-5-6-8-10-12-14-18-16(3)4/h15-16H,5-14H2,1-4H3. The molecule has 2 heteroatoms. The number of hydrogen-bond donors (Lipinski definition) is 0. The Bertz CT molecular complexity index is 137. The summed E-state index contributed by atoms with van der Waals surface area (Å²) in [6.07, 6.45) is 11.4. The van der Waals surface area contributed by atoms with Gasteiger partial charge in [0, 0.05) is 13.2 Å². The lowest BCUT2D eigenvalue weighted by Gasteiger charge is -2.07. The third-order valence-electron chi connectivity index (χ3n) is 2.94. The number of unbranched alkanes of at least 4 members (excludes halogenated alkanes) is 7. The molecular formula is C16H34O2. The van der Waals surface area contributed by atoms with Crippen molar-refractivity contribution in [3.05, 3.63) is 0 Å². The number of rotatable bonds is 13. The van der Waals surface area contributed by atoms with Crippen LogP contribution >= 0.6 is 0 Å². The van der Waals surface area contributed by atoms with Crippen LogP contribution in [-0.4, -0.2) is 25.4 Å². The Balaban J connectivity index is 2.95. The summed E-state index contributed by atoms with van der Waals surface area (Å²) in [5.41, 5.74) is 0. The number of ether oxygens (including phenoxy) is 2. The molecule has 0 bridgehead atoms. The number of hydrogen-bond acceptors (Lipinski definition) is 2. The van der Waals surface area contributed by atoms with Gasteiger partial charge in [0.2, 0.25) is 0 Å². The Morgan fingerprint density at radius 3 is 1.06 bits per heavy atom. The van der Waals surface area contributed by atoms with Crippen molar-refractivity contribution in [1.29, 1.82) is 0 Å². The van der Waals surface area contributed by atoms with E-state index in [1.165, 1.54) is 51.4 Å². The van der Waals surface area contributed by atoms with Crippen molar-refractivity contribution in [1.82, 2.24) is 0 Å². The van der Waals surface area contributed by atoms with Crippen molar-refractivity contribution in [2.75, 3.05) is 13.2 Å². The summed E-state index contributed by atoms with van der Waals surface area (Å²) in [6, 6.07) is 0. The molecule has 0 aliphatic heterocycles. The van der Waals surface area contributed by atoms with E-state index in [1.54, 1.807) is 0 Å². The predicted molar refractivity (Wildman–Crippen MR) is 79.1 cm³/mol. The molecule has 0 atom stereocenters. The zero-order valence-electron chi connectivity index (χ0n) is 13.0. The van der Waals surface area contributed by atoms with Crippen LogP contribution in [0.25, 0.3) is 0 Å². The van der Waals surface area contributed by atoms with Crippen LogP contribution in [0.4, 0.5) is 0 Å². The van der Waals surface area contributed by atoms with E-state index >= 15 is 0 Å². The lowest BCUT2D eigenvalue weighted by atomic mass is 10.1. The summed E-state index contributed by atoms with van der Waals surface area (Å²) in [7, 11) is 0. The monoisotopic (exact) mass is 258 g/mol. The zero-order chi connectivity index (χ0) is 13.6. The summed E-state index contributed by atoms with van der Waals surface area (Å²) in [4.78, 5) is 0. The van der Waals surface area contributed by atoms with Gasteiger partial charge in [-0.2, -0.15) is 0 Å². The molecule has 0 fully saturated rings. The van der Waals surface area contributed by atoms with E-state index < -0.39 is 0 Å². The molecule has 0 aromatic carbocycles. The van der Waals surface area contributed by atoms with Gasteiger partial charge >= 0.3 is 0 Å². The second-order valence-corrected chi connectivity index (χ2v) is 5.67. The minimum atomic E-state index is 0.387. The van der Waals surface area contributed by atoms with Crippen molar-refractivity contribution in [3.8, 4) is 0 Å². The van der Waals surface area contributed by atoms with Gasteiger partial charge < -0.3 is 9.47 Å². The Morgan fingerprint density at radius 1 is 0.500 bits per heavy atom. The third-order valence-corrected chi connectivity index (χ3v) is 2.94. The van der Waals surface area contributed by atoms with E-state index in [4.69, 9.17) is 9.47 Å². The zero-order valence-corrected chi connectivity index (χ0v) is 13.0. The topological polar surface area (TPSA) is 18.5 Å². The molecule has 0 N–H and O–H groups in total. The van der Waals surface area contributed by atoms with Gasteiger partial charge in [0.05, 0.1) is 12.2 Å². The van der Waals surface area contributed by atoms with Gasteiger partial charge in [-0.3, -0.25) is 0 Å². The van der Waals surface area contributed by atoms with Crippen molar-refractivity contribution < 1.29 is 9.47 Å². The Hall–Kier alpha value is -0.0800. The van der Waals surface area contributed by atoms with E-state index in [0.29, 0.717) is 12.2 Å². The first-order valence-corrected chi connectivity index (χ1v) is 7.86. The van der Waals surface area contributed by atoms with Crippen LogP contribution in [0.1, 0.15) is 79.1 Å². The van der Waals surface area contributed by atoms with Gasteiger partial charge in [-0.1, -0.05) is 38.5 Å². The summed E-state index contributed by atoms with van der Waals surface area (Å²) in [6.45, 7) is 10.3. The largest absolute Gasteiger partial charge is 0.379 e. The normalized spacial score (nSPS) is 11.7. The average molecular weight is 258 g/mol.